The van der Waals surface area contributed by atoms with E-state index in [1.807, 2.05) is 152 Å². The van der Waals surface area contributed by atoms with Gasteiger partial charge in [0.1, 0.15) is 5.75 Å². The minimum Gasteiger partial charge on any atom is -0.507 e. The van der Waals surface area contributed by atoms with Gasteiger partial charge in [-0.05, 0) is 112 Å². The van der Waals surface area contributed by atoms with Gasteiger partial charge < -0.3 is 30.0 Å². The number of halogens is 6. The molecule has 9 aromatic carbocycles. The van der Waals surface area contributed by atoms with Crippen molar-refractivity contribution in [3.63, 3.8) is 0 Å². The van der Waals surface area contributed by atoms with Crippen molar-refractivity contribution in [1.29, 1.82) is 0 Å². The minimum absolute atomic E-state index is 0. The number of aromatic hydroxyl groups is 1. The number of rotatable bonds is 9. The van der Waals surface area contributed by atoms with Gasteiger partial charge in [-0.2, -0.15) is 26.3 Å². The first-order valence-electron chi connectivity index (χ1n) is 31.1. The van der Waals surface area contributed by atoms with Gasteiger partial charge in [-0.15, -0.1) is 178 Å². The van der Waals surface area contributed by atoms with Crippen molar-refractivity contribution in [1.82, 2.24) is 24.9 Å². The second-order valence-electron chi connectivity index (χ2n) is 22.2. The third-order valence-electron chi connectivity index (χ3n) is 15.0. The van der Waals surface area contributed by atoms with E-state index < -0.39 is 18.4 Å². The Kier molecular flexibility index (Phi) is 34.5. The number of phenolic OH excluding ortho intramolecular Hbond substituents is 1. The SMILES string of the molecule is Cc1[c-]c(-c2cc(C)c(-c3ccccc3)cn2)cc(C)c1.Cc1ccccc1-c1ccc(-c2[c-]cccc2)nc1.Cc1cccnc1-c1[c-]cccc1.FC(F)(F)c1ccccc1-c1ccnc(-c2[c-]cccc2)c1.FC(F)F.Oc1ccccc1-c1ccc(-c2[c-]cccc2)nc1.[Ir].[Ir].[Ir].[Ir]. The molecule has 5 aromatic heterocycles. The van der Waals surface area contributed by atoms with Crippen LogP contribution in [0.3, 0.4) is 0 Å². The van der Waals surface area contributed by atoms with E-state index in [0.717, 1.165) is 78.9 Å². The van der Waals surface area contributed by atoms with E-state index in [-0.39, 0.29) is 91.7 Å². The molecule has 0 saturated carbocycles. The maximum Gasteiger partial charge on any atom is 0.417 e. The summed E-state index contributed by atoms with van der Waals surface area (Å²) in [6.45, 7) is 6.82. The summed E-state index contributed by atoms with van der Waals surface area (Å²) in [5.74, 6) is 0.267. The second-order valence-corrected chi connectivity index (χ2v) is 22.2. The quantitative estimate of drug-likeness (QED) is 0.114. The average molecular weight is 2070 g/mol. The molecule has 0 bridgehead atoms. The fourth-order valence-electron chi connectivity index (χ4n) is 10.4. The summed E-state index contributed by atoms with van der Waals surface area (Å²) in [5.41, 5.74) is 21.8. The number of benzene rings is 9. The van der Waals surface area contributed by atoms with Crippen LogP contribution in [0.4, 0.5) is 26.3 Å². The average Bonchev–Trinajstić information content (AvgIpc) is 0.724. The topological polar surface area (TPSA) is 84.7 Å². The zero-order valence-electron chi connectivity index (χ0n) is 55.7. The first kappa shape index (κ1) is 83.4. The van der Waals surface area contributed by atoms with Crippen molar-refractivity contribution in [3.05, 3.63) is 362 Å². The predicted octanol–water partition coefficient (Wildman–Crippen LogP) is 22.8. The number of pyridine rings is 5. The Balaban J connectivity index is 0.000000226. The van der Waals surface area contributed by atoms with Crippen LogP contribution in [-0.4, -0.2) is 36.7 Å². The van der Waals surface area contributed by atoms with Gasteiger partial charge in [0.15, 0.2) is 0 Å². The number of hydrogen-bond acceptors (Lipinski definition) is 6. The van der Waals surface area contributed by atoms with Gasteiger partial charge in [-0.3, -0.25) is 0 Å². The Bertz CT molecular complexity index is 4630. The summed E-state index contributed by atoms with van der Waals surface area (Å²) in [4.78, 5) is 22.1. The maximum absolute atomic E-state index is 13.1. The molecule has 0 spiro atoms. The second kappa shape index (κ2) is 42.2. The largest absolute Gasteiger partial charge is 0.507 e. The number of para-hydroxylation sites is 1. The fraction of sp³-hybridized carbons (Fsp3) is 0.0814. The smallest absolute Gasteiger partial charge is 0.417 e. The van der Waals surface area contributed by atoms with Gasteiger partial charge in [0.05, 0.1) is 5.56 Å². The predicted molar refractivity (Wildman–Crippen MR) is 382 cm³/mol. The molecule has 0 aliphatic heterocycles. The Morgan fingerprint density at radius 1 is 0.343 bits per heavy atom. The molecule has 16 heteroatoms. The summed E-state index contributed by atoms with van der Waals surface area (Å²) in [5, 5.41) is 9.82. The molecule has 102 heavy (non-hydrogen) atoms. The number of aryl methyl sites for hydroxylation is 5. The van der Waals surface area contributed by atoms with Crippen LogP contribution in [0, 0.1) is 65.0 Å². The molecular formula is C86H66F6Ir4N5O-5. The van der Waals surface area contributed by atoms with Crippen LogP contribution in [0.1, 0.15) is 33.4 Å². The van der Waals surface area contributed by atoms with Gasteiger partial charge in [0.25, 0.3) is 0 Å². The van der Waals surface area contributed by atoms with Crippen LogP contribution in [0.5, 0.6) is 5.75 Å². The molecule has 0 aliphatic carbocycles. The summed E-state index contributed by atoms with van der Waals surface area (Å²) < 4.78 is 68.4. The zero-order chi connectivity index (χ0) is 69.2. The van der Waals surface area contributed by atoms with E-state index in [1.165, 1.54) is 57.3 Å². The van der Waals surface area contributed by atoms with Crippen LogP contribution in [-0.2, 0) is 86.6 Å². The van der Waals surface area contributed by atoms with Gasteiger partial charge in [-0.1, -0.05) is 153 Å². The van der Waals surface area contributed by atoms with Crippen LogP contribution >= 0.6 is 0 Å². The molecule has 5 heterocycles. The van der Waals surface area contributed by atoms with Crippen LogP contribution in [0.15, 0.2) is 298 Å². The monoisotopic (exact) mass is 2070 g/mol. The molecule has 0 aliphatic rings. The van der Waals surface area contributed by atoms with Gasteiger partial charge >= 0.3 is 12.9 Å². The van der Waals surface area contributed by atoms with Gasteiger partial charge in [-0.25, -0.2) is 0 Å². The van der Waals surface area contributed by atoms with Gasteiger partial charge in [0, 0.05) is 128 Å². The maximum atomic E-state index is 13.1. The third kappa shape index (κ3) is 24.8. The number of phenols is 1. The Labute approximate surface area is 647 Å². The van der Waals surface area contributed by atoms with Gasteiger partial charge in [0.2, 0.25) is 0 Å². The molecule has 6 nitrogen and oxygen atoms in total. The van der Waals surface area contributed by atoms with E-state index in [0.29, 0.717) is 11.3 Å². The van der Waals surface area contributed by atoms with Crippen molar-refractivity contribution in [2.45, 2.75) is 47.5 Å². The first-order valence-corrected chi connectivity index (χ1v) is 31.1. The molecule has 0 atom stereocenters. The first-order chi connectivity index (χ1) is 47.5. The fourth-order valence-corrected chi connectivity index (χ4v) is 10.4. The van der Waals surface area contributed by atoms with Crippen LogP contribution < -0.4 is 0 Å². The molecule has 14 aromatic rings. The minimum atomic E-state index is -4.39. The summed E-state index contributed by atoms with van der Waals surface area (Å²) in [7, 11) is 0. The van der Waals surface area contributed by atoms with Crippen molar-refractivity contribution < 1.29 is 112 Å². The standard InChI is InChI=1S/C20H18N.C18H11F3N.C18H14N.C17H12NO.C12H10N.CHF3.4Ir/c1-14-9-15(2)11-18(10-14)20-12-16(3)19(13-21-20)17-7-5-4-6-8-17;19-18(20,21)16-9-5-4-8-15(16)14-10-11-22-17(12-14)13-6-2-1-3-7-13;1-14-7-5-6-10-17(14)16-11-12-18(19-13-16)15-8-3-2-4-9-15;19-17-9-5-4-8-15(17)14-10-11-16(18-12-14)13-6-2-1-3-7-13;1-10-6-5-9-13-12(10)11-7-3-2-4-8-11;2-1(3)4;;;;/h4-10,12-13H,1-3H3;1-6,8-12H;2-8,10-13H,1H3;1-6,8-12,19H;2-7,9H,1H3;1H;;;;/q5*-1;;;;;. The van der Waals surface area contributed by atoms with E-state index in [4.69, 9.17) is 0 Å². The van der Waals surface area contributed by atoms with E-state index >= 15 is 0 Å². The van der Waals surface area contributed by atoms with Crippen molar-refractivity contribution in [2.75, 3.05) is 0 Å². The molecule has 14 rings (SSSR count). The molecule has 4 radical (unpaired) electrons. The summed E-state index contributed by atoms with van der Waals surface area (Å²) in [6.07, 6.45) is 4.59. The normalized spacial score (nSPS) is 10.1. The van der Waals surface area contributed by atoms with Crippen LogP contribution in [0.25, 0.3) is 101 Å². The number of aromatic nitrogens is 5. The Morgan fingerprint density at radius 2 is 0.814 bits per heavy atom. The summed E-state index contributed by atoms with van der Waals surface area (Å²) in [6, 6.07) is 99.9. The van der Waals surface area contributed by atoms with E-state index in [2.05, 4.69) is 169 Å². The zero-order valence-corrected chi connectivity index (χ0v) is 65.2. The van der Waals surface area contributed by atoms with Crippen LogP contribution in [0.2, 0.25) is 0 Å². The molecule has 0 unspecified atom stereocenters. The van der Waals surface area contributed by atoms with Crippen molar-refractivity contribution in [3.8, 4) is 107 Å². The Morgan fingerprint density at radius 3 is 1.31 bits per heavy atom. The molecule has 0 fully saturated rings. The van der Waals surface area contributed by atoms with Crippen molar-refractivity contribution in [2.24, 2.45) is 0 Å². The summed E-state index contributed by atoms with van der Waals surface area (Å²) >= 11 is 0. The molecule has 524 valence electrons. The molecule has 1 N–H and O–H groups in total. The number of hydrogen-bond donors (Lipinski definition) is 1. The van der Waals surface area contributed by atoms with E-state index in [9.17, 15) is 31.4 Å². The van der Waals surface area contributed by atoms with E-state index in [1.54, 1.807) is 42.6 Å². The number of nitrogens with zero attached hydrogens (tertiary/aromatic N) is 5. The number of alkyl halides is 6. The Hall–Kier alpha value is -9.29. The third-order valence-corrected chi connectivity index (χ3v) is 15.0. The molecular weight excluding hydrogens is 2000 g/mol. The van der Waals surface area contributed by atoms with Crippen molar-refractivity contribution >= 4 is 0 Å². The molecule has 0 amide bonds. The molecule has 0 saturated heterocycles.